The molecule has 3 N–H and O–H groups in total. The van der Waals surface area contributed by atoms with Crippen LogP contribution in [0.25, 0.3) is 0 Å². The van der Waals surface area contributed by atoms with E-state index in [1.807, 2.05) is 26.0 Å². The number of pyridine rings is 1. The number of sulfonamides is 1. The van der Waals surface area contributed by atoms with Gasteiger partial charge in [-0.25, -0.2) is 13.1 Å². The fourth-order valence-electron chi connectivity index (χ4n) is 1.50. The molecular formula is C11H19N3O2S. The van der Waals surface area contributed by atoms with Gasteiger partial charge in [0.15, 0.2) is 0 Å². The molecule has 0 bridgehead atoms. The molecule has 0 saturated carbocycles. The Labute approximate surface area is 102 Å². The highest BCUT2D eigenvalue weighted by Crippen LogP contribution is 2.04. The molecule has 1 unspecified atom stereocenters. The zero-order valence-electron chi connectivity index (χ0n) is 10.2. The first-order valence-corrected chi connectivity index (χ1v) is 7.15. The summed E-state index contributed by atoms with van der Waals surface area (Å²) in [7, 11) is -3.35. The lowest BCUT2D eigenvalue weighted by Crippen LogP contribution is -2.38. The highest BCUT2D eigenvalue weighted by atomic mass is 32.2. The van der Waals surface area contributed by atoms with Gasteiger partial charge in [0.1, 0.15) is 0 Å². The van der Waals surface area contributed by atoms with E-state index in [0.717, 1.165) is 5.69 Å². The van der Waals surface area contributed by atoms with E-state index in [9.17, 15) is 8.42 Å². The maximum absolute atomic E-state index is 11.8. The molecule has 0 amide bonds. The summed E-state index contributed by atoms with van der Waals surface area (Å²) in [6, 6.07) is 5.51. The van der Waals surface area contributed by atoms with Crippen molar-refractivity contribution in [3.8, 4) is 0 Å². The molecule has 6 heteroatoms. The summed E-state index contributed by atoms with van der Waals surface area (Å²) in [6.07, 6.45) is 0.507. The normalized spacial score (nSPS) is 13.6. The van der Waals surface area contributed by atoms with Gasteiger partial charge in [0.2, 0.25) is 10.0 Å². The number of aryl methyl sites for hydroxylation is 1. The second kappa shape index (κ2) is 6.09. The number of rotatable bonds is 6. The monoisotopic (exact) mass is 257 g/mol. The average Bonchev–Trinajstić information content (AvgIpc) is 2.28. The van der Waals surface area contributed by atoms with E-state index in [4.69, 9.17) is 5.73 Å². The molecule has 0 saturated heterocycles. The maximum Gasteiger partial charge on any atom is 0.216 e. The first-order valence-electron chi connectivity index (χ1n) is 5.60. The summed E-state index contributed by atoms with van der Waals surface area (Å²) in [5, 5.41) is -0.535. The zero-order valence-corrected chi connectivity index (χ0v) is 11.0. The molecule has 0 aliphatic carbocycles. The molecule has 1 heterocycles. The van der Waals surface area contributed by atoms with Gasteiger partial charge >= 0.3 is 0 Å². The third-order valence-electron chi connectivity index (χ3n) is 2.56. The van der Waals surface area contributed by atoms with Crippen molar-refractivity contribution < 1.29 is 8.42 Å². The van der Waals surface area contributed by atoms with Crippen LogP contribution in [0, 0.1) is 6.92 Å². The van der Waals surface area contributed by atoms with Crippen molar-refractivity contribution >= 4 is 10.0 Å². The Bertz CT molecular complexity index is 456. The van der Waals surface area contributed by atoms with Crippen LogP contribution in [-0.4, -0.2) is 25.2 Å². The topological polar surface area (TPSA) is 85.1 Å². The Morgan fingerprint density at radius 2 is 2.18 bits per heavy atom. The number of aromatic nitrogens is 1. The van der Waals surface area contributed by atoms with Gasteiger partial charge in [-0.3, -0.25) is 4.98 Å². The largest absolute Gasteiger partial charge is 0.329 e. The lowest BCUT2D eigenvalue weighted by atomic mass is 10.3. The van der Waals surface area contributed by atoms with Gasteiger partial charge in [-0.15, -0.1) is 0 Å². The molecule has 1 aromatic heterocycles. The molecule has 0 aliphatic rings. The van der Waals surface area contributed by atoms with Crippen LogP contribution in [0.3, 0.4) is 0 Å². The van der Waals surface area contributed by atoms with Crippen LogP contribution >= 0.6 is 0 Å². The van der Waals surface area contributed by atoms with Gasteiger partial charge < -0.3 is 5.73 Å². The minimum Gasteiger partial charge on any atom is -0.329 e. The third-order valence-corrected chi connectivity index (χ3v) is 4.51. The van der Waals surface area contributed by atoms with E-state index in [-0.39, 0.29) is 13.1 Å². The fourth-order valence-corrected chi connectivity index (χ4v) is 2.78. The van der Waals surface area contributed by atoms with Gasteiger partial charge in [-0.1, -0.05) is 13.0 Å². The Balaban J connectivity index is 2.67. The summed E-state index contributed by atoms with van der Waals surface area (Å²) in [5.41, 5.74) is 7.00. The first-order chi connectivity index (χ1) is 7.99. The average molecular weight is 257 g/mol. The third kappa shape index (κ3) is 4.07. The number of nitrogens with one attached hydrogen (secondary N) is 1. The number of hydrogen-bond acceptors (Lipinski definition) is 4. The van der Waals surface area contributed by atoms with Crippen LogP contribution in [0.5, 0.6) is 0 Å². The van der Waals surface area contributed by atoms with Gasteiger partial charge in [0.05, 0.1) is 17.5 Å². The summed E-state index contributed by atoms with van der Waals surface area (Å²) >= 11 is 0. The minimum absolute atomic E-state index is 0.132. The summed E-state index contributed by atoms with van der Waals surface area (Å²) in [4.78, 5) is 4.23. The Morgan fingerprint density at radius 3 is 2.71 bits per heavy atom. The fraction of sp³-hybridized carbons (Fsp3) is 0.545. The van der Waals surface area contributed by atoms with Crippen LogP contribution in [0.15, 0.2) is 18.2 Å². The number of nitrogens with two attached hydrogens (primary N) is 1. The molecule has 0 aliphatic heterocycles. The molecule has 96 valence electrons. The smallest absolute Gasteiger partial charge is 0.216 e. The minimum atomic E-state index is -3.35. The van der Waals surface area contributed by atoms with Crippen LogP contribution < -0.4 is 10.5 Å². The lowest BCUT2D eigenvalue weighted by Gasteiger charge is -2.14. The van der Waals surface area contributed by atoms with E-state index < -0.39 is 15.3 Å². The highest BCUT2D eigenvalue weighted by Gasteiger charge is 2.21. The molecule has 0 fully saturated rings. The second-order valence-corrected chi connectivity index (χ2v) is 5.95. The Morgan fingerprint density at radius 1 is 1.47 bits per heavy atom. The summed E-state index contributed by atoms with van der Waals surface area (Å²) in [6.45, 7) is 4.02. The molecule has 17 heavy (non-hydrogen) atoms. The molecule has 0 spiro atoms. The van der Waals surface area contributed by atoms with Crippen molar-refractivity contribution in [3.05, 3.63) is 29.6 Å². The van der Waals surface area contributed by atoms with Crippen molar-refractivity contribution in [1.82, 2.24) is 9.71 Å². The van der Waals surface area contributed by atoms with E-state index >= 15 is 0 Å². The van der Waals surface area contributed by atoms with Gasteiger partial charge in [-0.05, 0) is 25.5 Å². The molecule has 1 aromatic rings. The van der Waals surface area contributed by atoms with Gasteiger partial charge in [-0.2, -0.15) is 0 Å². The van der Waals surface area contributed by atoms with Gasteiger partial charge in [0, 0.05) is 12.2 Å². The van der Waals surface area contributed by atoms with E-state index in [2.05, 4.69) is 9.71 Å². The lowest BCUT2D eigenvalue weighted by molar-refractivity contribution is 0.560. The molecule has 1 rings (SSSR count). The van der Waals surface area contributed by atoms with Crippen LogP contribution in [-0.2, 0) is 16.6 Å². The SMILES string of the molecule is CCC(CN)S(=O)(=O)NCc1cccc(C)n1. The summed E-state index contributed by atoms with van der Waals surface area (Å²) in [5.74, 6) is 0. The molecule has 0 aromatic carbocycles. The second-order valence-electron chi connectivity index (χ2n) is 3.90. The first kappa shape index (κ1) is 14.1. The van der Waals surface area contributed by atoms with E-state index in [1.165, 1.54) is 0 Å². The highest BCUT2D eigenvalue weighted by molar-refractivity contribution is 7.90. The Hall–Kier alpha value is -0.980. The molecular weight excluding hydrogens is 238 g/mol. The van der Waals surface area contributed by atoms with Gasteiger partial charge in [0.25, 0.3) is 0 Å². The molecule has 0 radical (unpaired) electrons. The number of nitrogens with zero attached hydrogens (tertiary/aromatic N) is 1. The zero-order chi connectivity index (χ0) is 12.9. The van der Waals surface area contributed by atoms with Crippen molar-refractivity contribution in [2.75, 3.05) is 6.54 Å². The van der Waals surface area contributed by atoms with Crippen molar-refractivity contribution in [2.45, 2.75) is 32.1 Å². The standard InChI is InChI=1S/C11H19N3O2S/c1-3-11(7-12)17(15,16)13-8-10-6-4-5-9(2)14-10/h4-6,11,13H,3,7-8,12H2,1-2H3. The predicted molar refractivity (Wildman–Crippen MR) is 67.9 cm³/mol. The maximum atomic E-state index is 11.8. The Kier molecular flexibility index (Phi) is 5.04. The van der Waals surface area contributed by atoms with Crippen molar-refractivity contribution in [2.24, 2.45) is 5.73 Å². The van der Waals surface area contributed by atoms with E-state index in [0.29, 0.717) is 12.1 Å². The van der Waals surface area contributed by atoms with Crippen LogP contribution in [0.1, 0.15) is 24.7 Å². The molecule has 1 atom stereocenters. The van der Waals surface area contributed by atoms with Crippen molar-refractivity contribution in [3.63, 3.8) is 0 Å². The van der Waals surface area contributed by atoms with Crippen LogP contribution in [0.4, 0.5) is 0 Å². The quantitative estimate of drug-likeness (QED) is 0.779. The van der Waals surface area contributed by atoms with Crippen molar-refractivity contribution in [1.29, 1.82) is 0 Å². The summed E-state index contributed by atoms with van der Waals surface area (Å²) < 4.78 is 26.2. The van der Waals surface area contributed by atoms with Crippen LogP contribution in [0.2, 0.25) is 0 Å². The van der Waals surface area contributed by atoms with E-state index in [1.54, 1.807) is 6.07 Å². The number of hydrogen-bond donors (Lipinski definition) is 2. The molecule has 5 nitrogen and oxygen atoms in total. The predicted octanol–water partition coefficient (Wildman–Crippen LogP) is 0.547.